The molecule has 0 unspecified atom stereocenters. The van der Waals surface area contributed by atoms with Crippen molar-refractivity contribution in [3.63, 3.8) is 0 Å². The molecule has 0 heterocycles. The number of anilines is 2. The number of hydrogen-bond acceptors (Lipinski definition) is 5. The molecule has 0 aliphatic rings. The number of rotatable bonds is 3. The number of nitro groups is 1. The van der Waals surface area contributed by atoms with Crippen LogP contribution in [-0.2, 0) is 0 Å². The first-order valence-electron chi connectivity index (χ1n) is 6.16. The van der Waals surface area contributed by atoms with E-state index in [4.69, 9.17) is 16.9 Å². The number of benzene rings is 2. The average Bonchev–Trinajstić information content (AvgIpc) is 2.50. The van der Waals surface area contributed by atoms with Crippen molar-refractivity contribution in [3.05, 3.63) is 57.1 Å². The Kier molecular flexibility index (Phi) is 4.64. The predicted molar refractivity (Wildman–Crippen MR) is 83.6 cm³/mol. The number of hydrogen-bond donors (Lipinski definition) is 3. The second-order valence-corrected chi connectivity index (χ2v) is 4.72. The Morgan fingerprint density at radius 1 is 1.26 bits per heavy atom. The summed E-state index contributed by atoms with van der Waals surface area (Å²) in [5, 5.41) is 33.9. The number of carbonyl (C=O) groups excluding carboxylic acids is 1. The Morgan fingerprint density at radius 2 is 1.91 bits per heavy atom. The lowest BCUT2D eigenvalue weighted by molar-refractivity contribution is -0.384. The normalized spacial score (nSPS) is 9.74. The summed E-state index contributed by atoms with van der Waals surface area (Å²) in [6.07, 6.45) is 0. The van der Waals surface area contributed by atoms with Crippen molar-refractivity contribution in [1.82, 2.24) is 0 Å². The number of amides is 2. The number of nitrogens with zero attached hydrogens (tertiary/aromatic N) is 2. The Bertz CT molecular complexity index is 832. The zero-order chi connectivity index (χ0) is 17.0. The molecule has 0 saturated carbocycles. The van der Waals surface area contributed by atoms with Crippen molar-refractivity contribution in [1.29, 1.82) is 5.26 Å². The van der Waals surface area contributed by atoms with Crippen molar-refractivity contribution >= 4 is 34.7 Å². The van der Waals surface area contributed by atoms with Crippen molar-refractivity contribution in [2.75, 3.05) is 10.6 Å². The number of phenols is 1. The first-order valence-corrected chi connectivity index (χ1v) is 6.54. The van der Waals surface area contributed by atoms with Gasteiger partial charge in [-0.25, -0.2) is 4.79 Å². The smallest absolute Gasteiger partial charge is 0.323 e. The van der Waals surface area contributed by atoms with Gasteiger partial charge in [0, 0.05) is 0 Å². The third kappa shape index (κ3) is 3.66. The van der Waals surface area contributed by atoms with Gasteiger partial charge in [-0.15, -0.1) is 0 Å². The van der Waals surface area contributed by atoms with E-state index in [1.807, 2.05) is 6.07 Å². The van der Waals surface area contributed by atoms with Gasteiger partial charge in [-0.2, -0.15) is 5.26 Å². The molecule has 3 N–H and O–H groups in total. The van der Waals surface area contributed by atoms with E-state index in [-0.39, 0.29) is 22.0 Å². The fraction of sp³-hybridized carbons (Fsp3) is 0. The highest BCUT2D eigenvalue weighted by Crippen LogP contribution is 2.35. The van der Waals surface area contributed by atoms with Gasteiger partial charge >= 0.3 is 6.03 Å². The molecule has 23 heavy (non-hydrogen) atoms. The predicted octanol–water partition coefficient (Wildman–Crippen LogP) is 3.47. The maximum absolute atomic E-state index is 11.9. The summed E-state index contributed by atoms with van der Waals surface area (Å²) in [5.41, 5.74) is -0.0499. The van der Waals surface area contributed by atoms with E-state index in [1.54, 1.807) is 12.1 Å². The highest BCUT2D eigenvalue weighted by atomic mass is 35.5. The summed E-state index contributed by atoms with van der Waals surface area (Å²) in [7, 11) is 0. The molecule has 2 amide bonds. The molecule has 0 radical (unpaired) electrons. The van der Waals surface area contributed by atoms with E-state index in [9.17, 15) is 20.0 Å². The molecule has 2 aromatic carbocycles. The zero-order valence-corrected chi connectivity index (χ0v) is 12.2. The van der Waals surface area contributed by atoms with Crippen LogP contribution in [0.4, 0.5) is 21.9 Å². The minimum absolute atomic E-state index is 0.104. The first kappa shape index (κ1) is 16.1. The lowest BCUT2D eigenvalue weighted by Gasteiger charge is -2.10. The standard InChI is InChI=1S/C14H9ClN4O4/c15-9-5-11(13(20)6-12(9)19(22)23)18-14(21)17-10-4-2-1-3-8(10)7-16/h1-6,20H,(H2,17,18,21). The van der Waals surface area contributed by atoms with Gasteiger partial charge in [0.25, 0.3) is 5.69 Å². The lowest BCUT2D eigenvalue weighted by Crippen LogP contribution is -2.20. The van der Waals surface area contributed by atoms with Crippen molar-refractivity contribution in [3.8, 4) is 11.8 Å². The fourth-order valence-corrected chi connectivity index (χ4v) is 1.99. The van der Waals surface area contributed by atoms with Gasteiger partial charge in [-0.1, -0.05) is 23.7 Å². The molecule has 0 spiro atoms. The molecule has 0 aliphatic heterocycles. The lowest BCUT2D eigenvalue weighted by atomic mass is 10.2. The number of urea groups is 1. The Morgan fingerprint density at radius 3 is 2.57 bits per heavy atom. The highest BCUT2D eigenvalue weighted by Gasteiger charge is 2.18. The summed E-state index contributed by atoms with van der Waals surface area (Å²) in [4.78, 5) is 21.9. The number of phenolic OH excluding ortho intramolecular Hbond substituents is 1. The molecule has 0 saturated heterocycles. The van der Waals surface area contributed by atoms with Gasteiger partial charge in [0.2, 0.25) is 0 Å². The quantitative estimate of drug-likeness (QED) is 0.450. The summed E-state index contributed by atoms with van der Waals surface area (Å²) in [5.74, 6) is -0.509. The molecular weight excluding hydrogens is 324 g/mol. The molecule has 0 bridgehead atoms. The molecule has 9 heteroatoms. The summed E-state index contributed by atoms with van der Waals surface area (Å²) in [6, 6.07) is 9.40. The van der Waals surface area contributed by atoms with Gasteiger partial charge < -0.3 is 15.7 Å². The van der Waals surface area contributed by atoms with Gasteiger partial charge in [0.15, 0.2) is 0 Å². The SMILES string of the molecule is N#Cc1ccccc1NC(=O)Nc1cc(Cl)c([N+](=O)[O-])cc1O. The number of nitro benzene ring substituents is 1. The van der Waals surface area contributed by atoms with E-state index in [1.165, 1.54) is 12.1 Å². The van der Waals surface area contributed by atoms with Gasteiger partial charge in [0.05, 0.1) is 27.9 Å². The molecule has 0 aromatic heterocycles. The number of nitriles is 1. The molecule has 0 fully saturated rings. The van der Waals surface area contributed by atoms with Crippen LogP contribution in [-0.4, -0.2) is 16.1 Å². The largest absolute Gasteiger partial charge is 0.506 e. The van der Waals surface area contributed by atoms with Crippen LogP contribution in [0.5, 0.6) is 5.75 Å². The monoisotopic (exact) mass is 332 g/mol. The van der Waals surface area contributed by atoms with Crippen LogP contribution in [0.1, 0.15) is 5.56 Å². The number of nitrogens with one attached hydrogen (secondary N) is 2. The first-order chi connectivity index (χ1) is 10.9. The molecule has 116 valence electrons. The van der Waals surface area contributed by atoms with Crippen LogP contribution < -0.4 is 10.6 Å². The fourth-order valence-electron chi connectivity index (χ4n) is 1.76. The van der Waals surface area contributed by atoms with E-state index in [0.29, 0.717) is 0 Å². The summed E-state index contributed by atoms with van der Waals surface area (Å²) < 4.78 is 0. The molecule has 0 aliphatic carbocycles. The van der Waals surface area contributed by atoms with E-state index in [2.05, 4.69) is 10.6 Å². The third-order valence-electron chi connectivity index (χ3n) is 2.81. The molecular formula is C14H9ClN4O4. The maximum Gasteiger partial charge on any atom is 0.323 e. The molecule has 2 aromatic rings. The molecule has 0 atom stereocenters. The van der Waals surface area contributed by atoms with Crippen LogP contribution in [0, 0.1) is 21.4 Å². The highest BCUT2D eigenvalue weighted by molar-refractivity contribution is 6.33. The Labute approximate surface area is 135 Å². The molecule has 8 nitrogen and oxygen atoms in total. The maximum atomic E-state index is 11.9. The van der Waals surface area contributed by atoms with Gasteiger partial charge in [-0.05, 0) is 18.2 Å². The van der Waals surface area contributed by atoms with E-state index in [0.717, 1.165) is 12.1 Å². The number of aromatic hydroxyl groups is 1. The molecule has 2 rings (SSSR count). The van der Waals surface area contributed by atoms with Crippen molar-refractivity contribution < 1.29 is 14.8 Å². The van der Waals surface area contributed by atoms with Crippen molar-refractivity contribution in [2.45, 2.75) is 0 Å². The number of para-hydroxylation sites is 1. The second-order valence-electron chi connectivity index (χ2n) is 4.31. The minimum atomic E-state index is -0.755. The van der Waals surface area contributed by atoms with Gasteiger partial charge in [-0.3, -0.25) is 10.1 Å². The van der Waals surface area contributed by atoms with Crippen LogP contribution in [0.15, 0.2) is 36.4 Å². The number of carbonyl (C=O) groups is 1. The third-order valence-corrected chi connectivity index (χ3v) is 3.11. The van der Waals surface area contributed by atoms with Crippen molar-refractivity contribution in [2.24, 2.45) is 0 Å². The topological polar surface area (TPSA) is 128 Å². The van der Waals surface area contributed by atoms with Crippen LogP contribution >= 0.6 is 11.6 Å². The minimum Gasteiger partial charge on any atom is -0.506 e. The van der Waals surface area contributed by atoms with Crippen LogP contribution in [0.2, 0.25) is 5.02 Å². The number of halogens is 1. The zero-order valence-electron chi connectivity index (χ0n) is 11.4. The van der Waals surface area contributed by atoms with Crippen LogP contribution in [0.25, 0.3) is 0 Å². The average molecular weight is 333 g/mol. The Hall–Kier alpha value is -3.31. The summed E-state index contributed by atoms with van der Waals surface area (Å²) in [6.45, 7) is 0. The second kappa shape index (κ2) is 6.64. The van der Waals surface area contributed by atoms with E-state index >= 15 is 0 Å². The Balaban J connectivity index is 2.20. The van der Waals surface area contributed by atoms with E-state index < -0.39 is 22.4 Å². The van der Waals surface area contributed by atoms with Gasteiger partial charge in [0.1, 0.15) is 16.8 Å². The summed E-state index contributed by atoms with van der Waals surface area (Å²) >= 11 is 5.72. The van der Waals surface area contributed by atoms with Crippen LogP contribution in [0.3, 0.4) is 0 Å².